The molecular weight excluding hydrogens is 331 g/mol. The van der Waals surface area contributed by atoms with E-state index in [1.54, 1.807) is 25.7 Å². The number of nitrogens with zero attached hydrogens (tertiary/aromatic N) is 2. The van der Waals surface area contributed by atoms with Gasteiger partial charge in [-0.25, -0.2) is 14.0 Å². The molecule has 0 bridgehead atoms. The number of carbonyl (C=O) groups excluding carboxylic acids is 2. The molecule has 1 fully saturated rings. The number of amides is 1. The standard InChI is InChI=1S/C17H21FN2O5/c1-17(2,3)25-16(24)20-7-6-19(9-14(20)15(22)23)13-5-4-12(18)8-11(13)10-21/h4-5,8,10,14H,6-7,9H2,1-3H3,(H,22,23)/t14-/m0/s1. The molecule has 1 amide bonds. The van der Waals surface area contributed by atoms with Crippen LogP contribution in [0.5, 0.6) is 0 Å². The monoisotopic (exact) mass is 352 g/mol. The summed E-state index contributed by atoms with van der Waals surface area (Å²) >= 11 is 0. The molecular formula is C17H21FN2O5. The molecule has 136 valence electrons. The van der Waals surface area contributed by atoms with Crippen molar-refractivity contribution in [2.24, 2.45) is 0 Å². The number of piperazine rings is 1. The predicted octanol–water partition coefficient (Wildman–Crippen LogP) is 2.15. The molecule has 8 heteroatoms. The maximum absolute atomic E-state index is 13.3. The number of anilines is 1. The summed E-state index contributed by atoms with van der Waals surface area (Å²) in [6.45, 7) is 5.49. The largest absolute Gasteiger partial charge is 0.480 e. The van der Waals surface area contributed by atoms with Crippen molar-refractivity contribution in [3.63, 3.8) is 0 Å². The van der Waals surface area contributed by atoms with Crippen molar-refractivity contribution in [1.82, 2.24) is 4.90 Å². The van der Waals surface area contributed by atoms with Gasteiger partial charge in [0.15, 0.2) is 6.29 Å². The topological polar surface area (TPSA) is 87.2 Å². The zero-order valence-electron chi connectivity index (χ0n) is 14.4. The lowest BCUT2D eigenvalue weighted by molar-refractivity contribution is -0.143. The Bertz CT molecular complexity index is 686. The van der Waals surface area contributed by atoms with Gasteiger partial charge in [0.1, 0.15) is 17.5 Å². The molecule has 2 rings (SSSR count). The molecule has 0 unspecified atom stereocenters. The second-order valence-electron chi connectivity index (χ2n) is 6.79. The van der Waals surface area contributed by atoms with Crippen LogP contribution in [-0.2, 0) is 9.53 Å². The first kappa shape index (κ1) is 18.7. The SMILES string of the molecule is CC(C)(C)OC(=O)N1CCN(c2ccc(F)cc2C=O)C[C@H]1C(=O)O. The fourth-order valence-corrected chi connectivity index (χ4v) is 2.66. The molecule has 1 aliphatic rings. The van der Waals surface area contributed by atoms with E-state index in [0.29, 0.717) is 18.5 Å². The third-order valence-electron chi connectivity index (χ3n) is 3.75. The van der Waals surface area contributed by atoms with Gasteiger partial charge < -0.3 is 14.7 Å². The maximum Gasteiger partial charge on any atom is 0.411 e. The molecule has 0 saturated carbocycles. The van der Waals surface area contributed by atoms with Crippen molar-refractivity contribution in [3.8, 4) is 0 Å². The van der Waals surface area contributed by atoms with Crippen molar-refractivity contribution in [2.45, 2.75) is 32.4 Å². The number of hydrogen-bond acceptors (Lipinski definition) is 5. The number of aldehydes is 1. The van der Waals surface area contributed by atoms with Gasteiger partial charge in [-0.2, -0.15) is 0 Å². The van der Waals surface area contributed by atoms with Crippen LogP contribution in [0.3, 0.4) is 0 Å². The average molecular weight is 352 g/mol. The summed E-state index contributed by atoms with van der Waals surface area (Å²) in [5, 5.41) is 9.49. The number of carbonyl (C=O) groups is 3. The van der Waals surface area contributed by atoms with Gasteiger partial charge in [0.05, 0.1) is 0 Å². The molecule has 7 nitrogen and oxygen atoms in total. The van der Waals surface area contributed by atoms with Crippen LogP contribution in [0, 0.1) is 5.82 Å². The average Bonchev–Trinajstić information content (AvgIpc) is 2.52. The molecule has 0 spiro atoms. The zero-order chi connectivity index (χ0) is 18.8. The first-order valence-electron chi connectivity index (χ1n) is 7.84. The van der Waals surface area contributed by atoms with Crippen LogP contribution in [0.1, 0.15) is 31.1 Å². The fourth-order valence-electron chi connectivity index (χ4n) is 2.66. The minimum atomic E-state index is -1.18. The number of carboxylic acids is 1. The minimum Gasteiger partial charge on any atom is -0.480 e. The lowest BCUT2D eigenvalue weighted by atomic mass is 10.1. The van der Waals surface area contributed by atoms with Gasteiger partial charge in [-0.05, 0) is 39.0 Å². The highest BCUT2D eigenvalue weighted by Crippen LogP contribution is 2.24. The summed E-state index contributed by atoms with van der Waals surface area (Å²) in [7, 11) is 0. The van der Waals surface area contributed by atoms with Crippen molar-refractivity contribution in [3.05, 3.63) is 29.6 Å². The van der Waals surface area contributed by atoms with Crippen molar-refractivity contribution >= 4 is 24.0 Å². The number of aliphatic carboxylic acids is 1. The van der Waals surface area contributed by atoms with Crippen molar-refractivity contribution in [2.75, 3.05) is 24.5 Å². The van der Waals surface area contributed by atoms with Crippen LogP contribution >= 0.6 is 0 Å². The van der Waals surface area contributed by atoms with E-state index in [1.165, 1.54) is 12.1 Å². The molecule has 0 aliphatic carbocycles. The summed E-state index contributed by atoms with van der Waals surface area (Å²) in [5.41, 5.74) is -0.166. The van der Waals surface area contributed by atoms with E-state index in [4.69, 9.17) is 4.74 Å². The second-order valence-corrected chi connectivity index (χ2v) is 6.79. The van der Waals surface area contributed by atoms with Gasteiger partial charge in [-0.15, -0.1) is 0 Å². The number of halogens is 1. The highest BCUT2D eigenvalue weighted by atomic mass is 19.1. The van der Waals surface area contributed by atoms with Gasteiger partial charge >= 0.3 is 12.1 Å². The number of ether oxygens (including phenoxy) is 1. The molecule has 1 saturated heterocycles. The molecule has 1 N–H and O–H groups in total. The first-order chi connectivity index (χ1) is 11.6. The minimum absolute atomic E-state index is 0.0267. The van der Waals surface area contributed by atoms with Crippen LogP contribution in [0.2, 0.25) is 0 Å². The Balaban J connectivity index is 2.23. The Morgan fingerprint density at radius 1 is 1.32 bits per heavy atom. The quantitative estimate of drug-likeness (QED) is 0.839. The number of carboxylic acid groups (broad SMARTS) is 1. The van der Waals surface area contributed by atoms with E-state index < -0.39 is 29.5 Å². The highest BCUT2D eigenvalue weighted by Gasteiger charge is 2.38. The number of hydrogen-bond donors (Lipinski definition) is 1. The zero-order valence-corrected chi connectivity index (χ0v) is 14.4. The molecule has 25 heavy (non-hydrogen) atoms. The summed E-state index contributed by atoms with van der Waals surface area (Å²) in [5.74, 6) is -1.72. The first-order valence-corrected chi connectivity index (χ1v) is 7.84. The smallest absolute Gasteiger partial charge is 0.411 e. The van der Waals surface area contributed by atoms with Crippen LogP contribution in [0.25, 0.3) is 0 Å². The van der Waals surface area contributed by atoms with E-state index in [2.05, 4.69) is 0 Å². The summed E-state index contributed by atoms with van der Waals surface area (Å²) < 4.78 is 18.5. The predicted molar refractivity (Wildman–Crippen MR) is 88.4 cm³/mol. The Labute approximate surface area is 145 Å². The molecule has 0 aromatic heterocycles. The van der Waals surface area contributed by atoms with Crippen LogP contribution in [0.4, 0.5) is 14.9 Å². The van der Waals surface area contributed by atoms with Gasteiger partial charge in [0.2, 0.25) is 0 Å². The van der Waals surface area contributed by atoms with Crippen LogP contribution in [-0.4, -0.2) is 59.6 Å². The third-order valence-corrected chi connectivity index (χ3v) is 3.75. The van der Waals surface area contributed by atoms with E-state index >= 15 is 0 Å². The Morgan fingerprint density at radius 2 is 2.00 bits per heavy atom. The Kier molecular flexibility index (Phi) is 5.30. The molecule has 1 aliphatic heterocycles. The second kappa shape index (κ2) is 7.08. The molecule has 1 aromatic rings. The molecule has 1 atom stereocenters. The summed E-state index contributed by atoms with van der Waals surface area (Å²) in [6, 6.07) is 2.60. The van der Waals surface area contributed by atoms with Crippen LogP contribution < -0.4 is 4.90 Å². The normalized spacial score (nSPS) is 18.0. The molecule has 0 radical (unpaired) electrons. The summed E-state index contributed by atoms with van der Waals surface area (Å²) in [4.78, 5) is 37.9. The van der Waals surface area contributed by atoms with Crippen molar-refractivity contribution < 1.29 is 28.6 Å². The van der Waals surface area contributed by atoms with Gasteiger partial charge in [0, 0.05) is 30.9 Å². The Hall–Kier alpha value is -2.64. The van der Waals surface area contributed by atoms with Crippen molar-refractivity contribution in [1.29, 1.82) is 0 Å². The van der Waals surface area contributed by atoms with E-state index in [-0.39, 0.29) is 18.7 Å². The summed E-state index contributed by atoms with van der Waals surface area (Å²) in [6.07, 6.45) is -0.178. The van der Waals surface area contributed by atoms with E-state index in [1.807, 2.05) is 0 Å². The molecule has 1 heterocycles. The van der Waals surface area contributed by atoms with Gasteiger partial charge in [-0.1, -0.05) is 0 Å². The lowest BCUT2D eigenvalue weighted by Gasteiger charge is -2.41. The number of rotatable bonds is 3. The fraction of sp³-hybridized carbons (Fsp3) is 0.471. The Morgan fingerprint density at radius 3 is 2.56 bits per heavy atom. The van der Waals surface area contributed by atoms with Crippen LogP contribution in [0.15, 0.2) is 18.2 Å². The van der Waals surface area contributed by atoms with E-state index in [0.717, 1.165) is 11.0 Å². The number of benzene rings is 1. The van der Waals surface area contributed by atoms with Gasteiger partial charge in [0.25, 0.3) is 0 Å². The van der Waals surface area contributed by atoms with E-state index in [9.17, 15) is 23.9 Å². The maximum atomic E-state index is 13.3. The molecule has 1 aromatic carbocycles. The highest BCUT2D eigenvalue weighted by molar-refractivity contribution is 5.86. The van der Waals surface area contributed by atoms with Gasteiger partial charge in [-0.3, -0.25) is 9.69 Å². The third kappa shape index (κ3) is 4.46. The lowest BCUT2D eigenvalue weighted by Crippen LogP contribution is -2.59.